The summed E-state index contributed by atoms with van der Waals surface area (Å²) in [5, 5.41) is 0. The van der Waals surface area contributed by atoms with E-state index in [1.54, 1.807) is 6.33 Å². The van der Waals surface area contributed by atoms with Gasteiger partial charge in [0.15, 0.2) is 4.67 Å². The summed E-state index contributed by atoms with van der Waals surface area (Å²) in [4.78, 5) is 4.12. The van der Waals surface area contributed by atoms with Gasteiger partial charge in [-0.15, -0.1) is 11.6 Å². The van der Waals surface area contributed by atoms with Crippen LogP contribution in [0.3, 0.4) is 0 Å². The summed E-state index contributed by atoms with van der Waals surface area (Å²) in [5.74, 6) is 1.32. The highest BCUT2D eigenvalue weighted by Gasteiger charge is 2.01. The predicted molar refractivity (Wildman–Crippen MR) is 57.3 cm³/mol. The summed E-state index contributed by atoms with van der Waals surface area (Å²) < 4.78 is 8.04. The Morgan fingerprint density at radius 3 is 2.93 bits per heavy atom. The van der Waals surface area contributed by atoms with Gasteiger partial charge in [0.1, 0.15) is 5.76 Å². The molecule has 74 valence electrons. The SMILES string of the molecule is ClCc1cn(Cc2ccc(Br)o2)cn1. The van der Waals surface area contributed by atoms with Crippen molar-refractivity contribution in [1.82, 2.24) is 9.55 Å². The zero-order valence-electron chi connectivity index (χ0n) is 7.28. The molecular formula is C9H8BrClN2O. The summed E-state index contributed by atoms with van der Waals surface area (Å²) in [6, 6.07) is 3.79. The number of alkyl halides is 1. The van der Waals surface area contributed by atoms with E-state index >= 15 is 0 Å². The van der Waals surface area contributed by atoms with Crippen molar-refractivity contribution in [3.8, 4) is 0 Å². The second-order valence-electron chi connectivity index (χ2n) is 2.88. The Morgan fingerprint density at radius 1 is 1.50 bits per heavy atom. The minimum Gasteiger partial charge on any atom is -0.452 e. The van der Waals surface area contributed by atoms with Crippen LogP contribution < -0.4 is 0 Å². The fourth-order valence-electron chi connectivity index (χ4n) is 1.18. The molecule has 2 rings (SSSR count). The van der Waals surface area contributed by atoms with Crippen molar-refractivity contribution in [3.05, 3.63) is 40.8 Å². The fraction of sp³-hybridized carbons (Fsp3) is 0.222. The molecule has 0 N–H and O–H groups in total. The van der Waals surface area contributed by atoms with E-state index in [0.29, 0.717) is 12.4 Å². The third kappa shape index (κ3) is 2.19. The van der Waals surface area contributed by atoms with E-state index in [9.17, 15) is 0 Å². The number of imidazole rings is 1. The molecule has 0 bridgehead atoms. The molecule has 0 saturated heterocycles. The molecule has 0 aliphatic heterocycles. The van der Waals surface area contributed by atoms with Crippen molar-refractivity contribution >= 4 is 27.5 Å². The molecule has 2 aromatic rings. The van der Waals surface area contributed by atoms with Crippen LogP contribution in [0.4, 0.5) is 0 Å². The topological polar surface area (TPSA) is 31.0 Å². The van der Waals surface area contributed by atoms with Crippen LogP contribution >= 0.6 is 27.5 Å². The van der Waals surface area contributed by atoms with Crippen LogP contribution in [-0.4, -0.2) is 9.55 Å². The molecule has 2 heterocycles. The number of rotatable bonds is 3. The third-order valence-corrected chi connectivity index (χ3v) is 2.49. The molecule has 0 atom stereocenters. The molecule has 3 nitrogen and oxygen atoms in total. The van der Waals surface area contributed by atoms with Crippen LogP contribution in [0.5, 0.6) is 0 Å². The largest absolute Gasteiger partial charge is 0.452 e. The zero-order chi connectivity index (χ0) is 9.97. The summed E-state index contributed by atoms with van der Waals surface area (Å²) in [6.07, 6.45) is 3.65. The van der Waals surface area contributed by atoms with Gasteiger partial charge in [0.25, 0.3) is 0 Å². The van der Waals surface area contributed by atoms with Gasteiger partial charge in [0.2, 0.25) is 0 Å². The van der Waals surface area contributed by atoms with Gasteiger partial charge in [-0.25, -0.2) is 4.98 Å². The van der Waals surface area contributed by atoms with E-state index < -0.39 is 0 Å². The maximum Gasteiger partial charge on any atom is 0.169 e. The van der Waals surface area contributed by atoms with Gasteiger partial charge < -0.3 is 8.98 Å². The minimum absolute atomic E-state index is 0.439. The lowest BCUT2D eigenvalue weighted by molar-refractivity contribution is 0.474. The van der Waals surface area contributed by atoms with Crippen LogP contribution in [0.2, 0.25) is 0 Å². The number of nitrogens with zero attached hydrogens (tertiary/aromatic N) is 2. The first-order valence-corrected chi connectivity index (χ1v) is 5.41. The number of furan rings is 1. The molecule has 0 aliphatic carbocycles. The molecule has 0 amide bonds. The van der Waals surface area contributed by atoms with E-state index in [1.807, 2.05) is 22.9 Å². The monoisotopic (exact) mass is 274 g/mol. The lowest BCUT2D eigenvalue weighted by Gasteiger charge is -1.96. The highest BCUT2D eigenvalue weighted by molar-refractivity contribution is 9.10. The van der Waals surface area contributed by atoms with Crippen molar-refractivity contribution in [2.75, 3.05) is 0 Å². The first kappa shape index (κ1) is 9.80. The maximum absolute atomic E-state index is 5.64. The van der Waals surface area contributed by atoms with Crippen LogP contribution in [-0.2, 0) is 12.4 Å². The van der Waals surface area contributed by atoms with Gasteiger partial charge in [0, 0.05) is 6.20 Å². The average Bonchev–Trinajstić information content (AvgIpc) is 2.76. The zero-order valence-corrected chi connectivity index (χ0v) is 9.62. The van der Waals surface area contributed by atoms with Gasteiger partial charge >= 0.3 is 0 Å². The average molecular weight is 276 g/mol. The highest BCUT2D eigenvalue weighted by Crippen LogP contribution is 2.15. The van der Waals surface area contributed by atoms with Crippen LogP contribution in [0.25, 0.3) is 0 Å². The Hall–Kier alpha value is -0.740. The molecule has 0 fully saturated rings. The van der Waals surface area contributed by atoms with Crippen molar-refractivity contribution in [1.29, 1.82) is 0 Å². The van der Waals surface area contributed by atoms with Crippen LogP contribution in [0.1, 0.15) is 11.5 Å². The number of aromatic nitrogens is 2. The Morgan fingerprint density at radius 2 is 2.36 bits per heavy atom. The minimum atomic E-state index is 0.439. The van der Waals surface area contributed by atoms with Crippen molar-refractivity contribution in [2.24, 2.45) is 0 Å². The lowest BCUT2D eigenvalue weighted by Crippen LogP contribution is -1.94. The smallest absolute Gasteiger partial charge is 0.169 e. The van der Waals surface area contributed by atoms with Crippen LogP contribution in [0, 0.1) is 0 Å². The van der Waals surface area contributed by atoms with Gasteiger partial charge in [-0.1, -0.05) is 0 Å². The van der Waals surface area contributed by atoms with E-state index in [1.165, 1.54) is 0 Å². The van der Waals surface area contributed by atoms with E-state index in [2.05, 4.69) is 20.9 Å². The number of halogens is 2. The maximum atomic E-state index is 5.64. The molecular weight excluding hydrogens is 267 g/mol. The second kappa shape index (κ2) is 4.19. The van der Waals surface area contributed by atoms with Gasteiger partial charge in [-0.05, 0) is 28.1 Å². The molecule has 0 unspecified atom stereocenters. The van der Waals surface area contributed by atoms with Gasteiger partial charge in [-0.2, -0.15) is 0 Å². The molecule has 2 aromatic heterocycles. The molecule has 5 heteroatoms. The predicted octanol–water partition coefficient (Wildman–Crippen LogP) is 3.03. The molecule has 0 saturated carbocycles. The first-order valence-electron chi connectivity index (χ1n) is 4.09. The summed E-state index contributed by atoms with van der Waals surface area (Å²) in [5.41, 5.74) is 0.872. The summed E-state index contributed by atoms with van der Waals surface area (Å²) in [7, 11) is 0. The molecule has 0 aromatic carbocycles. The van der Waals surface area contributed by atoms with E-state index in [-0.39, 0.29) is 0 Å². The van der Waals surface area contributed by atoms with Crippen molar-refractivity contribution < 1.29 is 4.42 Å². The Labute approximate surface area is 94.8 Å². The fourth-order valence-corrected chi connectivity index (χ4v) is 1.66. The van der Waals surface area contributed by atoms with Crippen molar-refractivity contribution in [2.45, 2.75) is 12.4 Å². The molecule has 14 heavy (non-hydrogen) atoms. The quantitative estimate of drug-likeness (QED) is 0.806. The van der Waals surface area contributed by atoms with E-state index in [0.717, 1.165) is 16.1 Å². The number of hydrogen-bond donors (Lipinski definition) is 0. The third-order valence-electron chi connectivity index (χ3n) is 1.79. The normalized spacial score (nSPS) is 10.7. The summed E-state index contributed by atoms with van der Waals surface area (Å²) >= 11 is 8.89. The second-order valence-corrected chi connectivity index (χ2v) is 3.93. The highest BCUT2D eigenvalue weighted by atomic mass is 79.9. The Balaban J connectivity index is 2.10. The molecule has 0 aliphatic rings. The van der Waals surface area contributed by atoms with E-state index in [4.69, 9.17) is 16.0 Å². The van der Waals surface area contributed by atoms with Crippen molar-refractivity contribution in [3.63, 3.8) is 0 Å². The molecule has 0 radical (unpaired) electrons. The lowest BCUT2D eigenvalue weighted by atomic mass is 10.4. The van der Waals surface area contributed by atoms with Gasteiger partial charge in [0.05, 0.1) is 24.4 Å². The van der Waals surface area contributed by atoms with Gasteiger partial charge in [-0.3, -0.25) is 0 Å². The number of hydrogen-bond acceptors (Lipinski definition) is 2. The Bertz CT molecular complexity index is 424. The summed E-state index contributed by atoms with van der Waals surface area (Å²) in [6.45, 7) is 0.676. The van der Waals surface area contributed by atoms with Crippen LogP contribution in [0.15, 0.2) is 33.7 Å². The Kier molecular flexibility index (Phi) is 2.93. The standard InChI is InChI=1S/C9H8BrClN2O/c10-9-2-1-8(14-9)5-13-4-7(3-11)12-6-13/h1-2,4,6H,3,5H2. The first-order chi connectivity index (χ1) is 6.78. The molecule has 0 spiro atoms.